The van der Waals surface area contributed by atoms with Gasteiger partial charge in [0.2, 0.25) is 0 Å². The second-order valence-corrected chi connectivity index (χ2v) is 6.39. The van der Waals surface area contributed by atoms with Crippen LogP contribution in [0, 0.1) is 10.1 Å². The minimum Gasteiger partial charge on any atom is -0.455 e. The second-order valence-electron chi connectivity index (χ2n) is 4.70. The van der Waals surface area contributed by atoms with Crippen LogP contribution < -0.4 is 10.1 Å². The number of anilines is 1. The summed E-state index contributed by atoms with van der Waals surface area (Å²) < 4.78 is 6.08. The number of halogens is 1. The molecule has 0 atom stereocenters. The molecule has 1 N–H and O–H groups in total. The topological polar surface area (TPSA) is 90.2 Å². The van der Waals surface area contributed by atoms with Gasteiger partial charge in [-0.05, 0) is 12.1 Å². The molecule has 0 unspecified atom stereocenters. The van der Waals surface area contributed by atoms with E-state index in [1.807, 2.05) is 0 Å². The van der Waals surface area contributed by atoms with Gasteiger partial charge in [-0.2, -0.15) is 0 Å². The molecular weight excluding hydrogens is 352 g/mol. The highest BCUT2D eigenvalue weighted by Crippen LogP contribution is 2.30. The van der Waals surface area contributed by atoms with Crippen LogP contribution in [0.3, 0.4) is 0 Å². The molecule has 3 aromatic rings. The first kappa shape index (κ1) is 16.2. The highest BCUT2D eigenvalue weighted by Gasteiger charge is 2.12. The Morgan fingerprint density at radius 1 is 1.29 bits per heavy atom. The fraction of sp³-hybridized carbons (Fsp3) is 0.0667. The molecule has 0 saturated carbocycles. The molecule has 0 saturated heterocycles. The number of hydrogen-bond donors (Lipinski definition) is 1. The Balaban J connectivity index is 1.81. The van der Waals surface area contributed by atoms with Crippen molar-refractivity contribution in [1.29, 1.82) is 0 Å². The lowest BCUT2D eigenvalue weighted by molar-refractivity contribution is -0.384. The molecule has 1 aromatic carbocycles. The van der Waals surface area contributed by atoms with Crippen LogP contribution in [-0.4, -0.2) is 14.9 Å². The largest absolute Gasteiger partial charge is 0.455 e. The number of nitro benzene ring substituents is 1. The zero-order valence-electron chi connectivity index (χ0n) is 12.2. The average molecular weight is 363 g/mol. The molecule has 3 rings (SSSR count). The normalized spacial score (nSPS) is 10.4. The zero-order chi connectivity index (χ0) is 16.9. The van der Waals surface area contributed by atoms with Gasteiger partial charge in [0, 0.05) is 35.1 Å². The van der Waals surface area contributed by atoms with E-state index in [4.69, 9.17) is 16.3 Å². The number of aromatic nitrogens is 2. The SMILES string of the molecule is O=[N+]([O-])c1cc(NCc2cnc(Cl)s2)cc(Oc2cccnc2)c1. The van der Waals surface area contributed by atoms with Crippen LogP contribution in [0.4, 0.5) is 11.4 Å². The molecule has 2 heterocycles. The average Bonchev–Trinajstić information content (AvgIpc) is 2.99. The molecule has 122 valence electrons. The van der Waals surface area contributed by atoms with E-state index in [2.05, 4.69) is 15.3 Å². The van der Waals surface area contributed by atoms with Gasteiger partial charge in [0.05, 0.1) is 23.7 Å². The Bertz CT molecular complexity index is 857. The van der Waals surface area contributed by atoms with Crippen molar-refractivity contribution in [3.05, 3.63) is 68.4 Å². The van der Waals surface area contributed by atoms with Gasteiger partial charge in [0.15, 0.2) is 4.47 Å². The summed E-state index contributed by atoms with van der Waals surface area (Å²) in [5.74, 6) is 0.847. The molecule has 7 nitrogen and oxygen atoms in total. The van der Waals surface area contributed by atoms with E-state index in [0.717, 1.165) is 4.88 Å². The molecule has 0 spiro atoms. The Morgan fingerprint density at radius 3 is 2.83 bits per heavy atom. The van der Waals surface area contributed by atoms with Crippen LogP contribution in [0.5, 0.6) is 11.5 Å². The molecule has 24 heavy (non-hydrogen) atoms. The molecule has 0 amide bonds. The van der Waals surface area contributed by atoms with Crippen LogP contribution >= 0.6 is 22.9 Å². The predicted molar refractivity (Wildman–Crippen MR) is 91.9 cm³/mol. The monoisotopic (exact) mass is 362 g/mol. The maximum absolute atomic E-state index is 11.1. The number of rotatable bonds is 6. The molecular formula is C15H11ClN4O3S. The number of thiazole rings is 1. The first-order chi connectivity index (χ1) is 11.6. The van der Waals surface area contributed by atoms with Gasteiger partial charge in [-0.15, -0.1) is 11.3 Å². The molecule has 0 aliphatic rings. The molecule has 0 aliphatic carbocycles. The summed E-state index contributed by atoms with van der Waals surface area (Å²) >= 11 is 7.13. The standard InChI is InChI=1S/C15H11ClN4O3S/c16-15-19-9-14(24-15)8-18-10-4-11(20(21)22)6-13(5-10)23-12-2-1-3-17-7-12/h1-7,9,18H,8H2. The second kappa shape index (κ2) is 7.24. The Hall–Kier alpha value is -2.71. The van der Waals surface area contributed by atoms with Gasteiger partial charge in [0.1, 0.15) is 11.5 Å². The van der Waals surface area contributed by atoms with Crippen molar-refractivity contribution in [1.82, 2.24) is 9.97 Å². The summed E-state index contributed by atoms with van der Waals surface area (Å²) in [5, 5.41) is 14.2. The quantitative estimate of drug-likeness (QED) is 0.512. The number of nitrogens with one attached hydrogen (secondary N) is 1. The maximum atomic E-state index is 11.1. The molecule has 0 bridgehead atoms. The highest BCUT2D eigenvalue weighted by atomic mass is 35.5. The van der Waals surface area contributed by atoms with Crippen LogP contribution in [0.1, 0.15) is 4.88 Å². The van der Waals surface area contributed by atoms with Crippen molar-refractivity contribution in [2.45, 2.75) is 6.54 Å². The number of ether oxygens (including phenoxy) is 1. The lowest BCUT2D eigenvalue weighted by atomic mass is 10.2. The van der Waals surface area contributed by atoms with Crippen molar-refractivity contribution < 1.29 is 9.66 Å². The zero-order valence-corrected chi connectivity index (χ0v) is 13.8. The summed E-state index contributed by atoms with van der Waals surface area (Å²) in [6, 6.07) is 7.93. The number of pyridine rings is 1. The fourth-order valence-electron chi connectivity index (χ4n) is 1.95. The van der Waals surface area contributed by atoms with Crippen molar-refractivity contribution >= 4 is 34.3 Å². The first-order valence-electron chi connectivity index (χ1n) is 6.81. The van der Waals surface area contributed by atoms with E-state index in [-0.39, 0.29) is 5.69 Å². The fourth-order valence-corrected chi connectivity index (χ4v) is 2.87. The first-order valence-corrected chi connectivity index (χ1v) is 8.01. The highest BCUT2D eigenvalue weighted by molar-refractivity contribution is 7.15. The third-order valence-corrected chi connectivity index (χ3v) is 4.08. The number of non-ortho nitro benzene ring substituents is 1. The van der Waals surface area contributed by atoms with Crippen molar-refractivity contribution in [3.63, 3.8) is 0 Å². The third kappa shape index (κ3) is 4.18. The van der Waals surface area contributed by atoms with Crippen LogP contribution in [0.25, 0.3) is 0 Å². The number of nitrogens with zero attached hydrogens (tertiary/aromatic N) is 3. The lowest BCUT2D eigenvalue weighted by Gasteiger charge is -2.09. The van der Waals surface area contributed by atoms with Crippen molar-refractivity contribution in [2.24, 2.45) is 0 Å². The van der Waals surface area contributed by atoms with E-state index in [1.54, 1.807) is 30.6 Å². The van der Waals surface area contributed by atoms with Gasteiger partial charge in [-0.1, -0.05) is 11.6 Å². The third-order valence-electron chi connectivity index (χ3n) is 2.96. The number of hydrogen-bond acceptors (Lipinski definition) is 7. The lowest BCUT2D eigenvalue weighted by Crippen LogP contribution is -1.99. The molecule has 0 radical (unpaired) electrons. The minimum absolute atomic E-state index is 0.0683. The molecule has 9 heteroatoms. The smallest absolute Gasteiger partial charge is 0.275 e. The van der Waals surface area contributed by atoms with E-state index in [9.17, 15) is 10.1 Å². The van der Waals surface area contributed by atoms with Gasteiger partial charge < -0.3 is 10.1 Å². The maximum Gasteiger partial charge on any atom is 0.275 e. The Kier molecular flexibility index (Phi) is 4.88. The summed E-state index contributed by atoms with van der Waals surface area (Å²) in [4.78, 5) is 19.5. The summed E-state index contributed by atoms with van der Waals surface area (Å²) in [6.07, 6.45) is 4.81. The van der Waals surface area contributed by atoms with Gasteiger partial charge in [-0.25, -0.2) is 4.98 Å². The van der Waals surface area contributed by atoms with Gasteiger partial charge in [-0.3, -0.25) is 15.1 Å². The molecule has 0 aliphatic heterocycles. The summed E-state index contributed by atoms with van der Waals surface area (Å²) in [7, 11) is 0. The van der Waals surface area contributed by atoms with Gasteiger partial charge >= 0.3 is 0 Å². The van der Waals surface area contributed by atoms with Crippen molar-refractivity contribution in [2.75, 3.05) is 5.32 Å². The van der Waals surface area contributed by atoms with Crippen molar-refractivity contribution in [3.8, 4) is 11.5 Å². The van der Waals surface area contributed by atoms with Crippen LogP contribution in [0.2, 0.25) is 4.47 Å². The van der Waals surface area contributed by atoms with E-state index < -0.39 is 4.92 Å². The summed E-state index contributed by atoms with van der Waals surface area (Å²) in [6.45, 7) is 0.456. The van der Waals surface area contributed by atoms with E-state index >= 15 is 0 Å². The van der Waals surface area contributed by atoms with E-state index in [1.165, 1.54) is 29.7 Å². The van der Waals surface area contributed by atoms with Gasteiger partial charge in [0.25, 0.3) is 5.69 Å². The Morgan fingerprint density at radius 2 is 2.17 bits per heavy atom. The minimum atomic E-state index is -0.467. The number of nitro groups is 1. The molecule has 2 aromatic heterocycles. The predicted octanol–water partition coefficient (Wildman–Crippen LogP) is 4.50. The summed E-state index contributed by atoms with van der Waals surface area (Å²) in [5.41, 5.74) is 0.494. The number of benzene rings is 1. The Labute approximate surface area is 146 Å². The van der Waals surface area contributed by atoms with Crippen LogP contribution in [0.15, 0.2) is 48.9 Å². The van der Waals surface area contributed by atoms with E-state index in [0.29, 0.717) is 28.2 Å². The van der Waals surface area contributed by atoms with Crippen LogP contribution in [-0.2, 0) is 6.54 Å². The molecule has 0 fully saturated rings.